The number of rotatable bonds is 6. The molecule has 1 amide bonds. The Balaban J connectivity index is 1.52. The molecule has 2 aromatic carbocycles. The molecule has 0 aromatic heterocycles. The Kier molecular flexibility index (Phi) is 6.48. The smallest absolute Gasteiger partial charge is 0.234 e. The van der Waals surface area contributed by atoms with Gasteiger partial charge in [0.25, 0.3) is 0 Å². The second-order valence-electron chi connectivity index (χ2n) is 7.12. The van der Waals surface area contributed by atoms with Gasteiger partial charge in [0.2, 0.25) is 5.91 Å². The largest absolute Gasteiger partial charge is 0.496 e. The first kappa shape index (κ1) is 19.4. The summed E-state index contributed by atoms with van der Waals surface area (Å²) in [6.45, 7) is 2.31. The molecule has 0 unspecified atom stereocenters. The molecule has 1 atom stereocenters. The summed E-state index contributed by atoms with van der Waals surface area (Å²) in [5.74, 6) is 0.770. The number of hydrogen-bond donors (Lipinski definition) is 2. The maximum atomic E-state index is 12.4. The molecule has 1 fully saturated rings. The first-order valence-corrected chi connectivity index (χ1v) is 9.49. The number of nitrogens with one attached hydrogen (secondary N) is 1. The van der Waals surface area contributed by atoms with Crippen molar-refractivity contribution in [2.75, 3.05) is 26.7 Å². The number of hydrogen-bond acceptors (Lipinski definition) is 4. The van der Waals surface area contributed by atoms with Crippen LogP contribution >= 0.6 is 0 Å². The van der Waals surface area contributed by atoms with Gasteiger partial charge in [0.05, 0.1) is 19.3 Å². The summed E-state index contributed by atoms with van der Waals surface area (Å²) in [6.07, 6.45) is 2.22. The van der Waals surface area contributed by atoms with E-state index in [0.717, 1.165) is 36.3 Å². The highest BCUT2D eigenvalue weighted by atomic mass is 16.5. The lowest BCUT2D eigenvalue weighted by atomic mass is 9.87. The minimum atomic E-state index is -0.802. The molecule has 1 aliphatic heterocycles. The Bertz CT molecular complexity index is 750. The number of benzene rings is 2. The maximum Gasteiger partial charge on any atom is 0.234 e. The molecule has 0 spiro atoms. The molecule has 5 nitrogen and oxygen atoms in total. The van der Waals surface area contributed by atoms with E-state index in [0.29, 0.717) is 26.1 Å². The standard InChI is InChI=1S/C22H28N2O3/c1-27-20-11-6-5-8-18(20)16-23-21(25)17-24-14-7-12-22(26,13-15-24)19-9-3-2-4-10-19/h2-6,8-11,26H,7,12-17H2,1H3,(H,23,25)/t22-/m1/s1. The van der Waals surface area contributed by atoms with Gasteiger partial charge in [0.15, 0.2) is 0 Å². The summed E-state index contributed by atoms with van der Waals surface area (Å²) in [5.41, 5.74) is 1.12. The quantitative estimate of drug-likeness (QED) is 0.823. The molecule has 2 N–H and O–H groups in total. The third-order valence-corrected chi connectivity index (χ3v) is 5.25. The Morgan fingerprint density at radius 1 is 1.11 bits per heavy atom. The molecule has 2 aromatic rings. The summed E-state index contributed by atoms with van der Waals surface area (Å²) >= 11 is 0. The van der Waals surface area contributed by atoms with E-state index in [1.54, 1.807) is 7.11 Å². The molecule has 0 bridgehead atoms. The zero-order valence-corrected chi connectivity index (χ0v) is 15.9. The minimum Gasteiger partial charge on any atom is -0.496 e. The van der Waals surface area contributed by atoms with Gasteiger partial charge in [0.1, 0.15) is 5.75 Å². The van der Waals surface area contributed by atoms with E-state index in [9.17, 15) is 9.90 Å². The van der Waals surface area contributed by atoms with Crippen LogP contribution in [-0.2, 0) is 16.9 Å². The predicted molar refractivity (Wildman–Crippen MR) is 105 cm³/mol. The molecule has 0 saturated carbocycles. The molecular weight excluding hydrogens is 340 g/mol. The van der Waals surface area contributed by atoms with Crippen LogP contribution in [0.4, 0.5) is 0 Å². The van der Waals surface area contributed by atoms with Crippen molar-refractivity contribution >= 4 is 5.91 Å². The Hall–Kier alpha value is -2.37. The number of likely N-dealkylation sites (tertiary alicyclic amines) is 1. The lowest BCUT2D eigenvalue weighted by Gasteiger charge is -2.27. The van der Waals surface area contributed by atoms with Crippen LogP contribution < -0.4 is 10.1 Å². The van der Waals surface area contributed by atoms with Gasteiger partial charge in [-0.3, -0.25) is 9.69 Å². The molecule has 3 rings (SSSR count). The van der Waals surface area contributed by atoms with E-state index in [2.05, 4.69) is 10.2 Å². The third kappa shape index (κ3) is 5.08. The second kappa shape index (κ2) is 9.02. The van der Waals surface area contributed by atoms with Crippen LogP contribution in [0.15, 0.2) is 54.6 Å². The summed E-state index contributed by atoms with van der Waals surface area (Å²) in [6, 6.07) is 17.5. The van der Waals surface area contributed by atoms with Crippen molar-refractivity contribution in [3.63, 3.8) is 0 Å². The second-order valence-corrected chi connectivity index (χ2v) is 7.12. The number of nitrogens with zero attached hydrogens (tertiary/aromatic N) is 1. The molecule has 1 aliphatic rings. The Morgan fingerprint density at radius 3 is 2.63 bits per heavy atom. The van der Waals surface area contributed by atoms with Gasteiger partial charge in [-0.05, 0) is 37.4 Å². The van der Waals surface area contributed by atoms with Crippen LogP contribution in [-0.4, -0.2) is 42.7 Å². The van der Waals surface area contributed by atoms with Crippen molar-refractivity contribution in [2.45, 2.75) is 31.4 Å². The van der Waals surface area contributed by atoms with Gasteiger partial charge >= 0.3 is 0 Å². The Labute approximate surface area is 161 Å². The topological polar surface area (TPSA) is 61.8 Å². The van der Waals surface area contributed by atoms with Crippen molar-refractivity contribution < 1.29 is 14.6 Å². The van der Waals surface area contributed by atoms with Crippen LogP contribution in [0, 0.1) is 0 Å². The van der Waals surface area contributed by atoms with Gasteiger partial charge in [-0.2, -0.15) is 0 Å². The van der Waals surface area contributed by atoms with E-state index < -0.39 is 5.60 Å². The molecule has 5 heteroatoms. The van der Waals surface area contributed by atoms with E-state index >= 15 is 0 Å². The molecular formula is C22H28N2O3. The van der Waals surface area contributed by atoms with Crippen molar-refractivity contribution in [1.82, 2.24) is 10.2 Å². The number of methoxy groups -OCH3 is 1. The van der Waals surface area contributed by atoms with Crippen LogP contribution in [0.2, 0.25) is 0 Å². The molecule has 0 radical (unpaired) electrons. The van der Waals surface area contributed by atoms with Crippen LogP contribution in [0.5, 0.6) is 5.75 Å². The number of amides is 1. The summed E-state index contributed by atoms with van der Waals surface area (Å²) < 4.78 is 5.32. The van der Waals surface area contributed by atoms with Crippen LogP contribution in [0.25, 0.3) is 0 Å². The Morgan fingerprint density at radius 2 is 1.85 bits per heavy atom. The lowest BCUT2D eigenvalue weighted by molar-refractivity contribution is -0.122. The normalized spacial score (nSPS) is 20.7. The fourth-order valence-electron chi connectivity index (χ4n) is 3.67. The van der Waals surface area contributed by atoms with E-state index in [1.165, 1.54) is 0 Å². The van der Waals surface area contributed by atoms with Crippen molar-refractivity contribution in [1.29, 1.82) is 0 Å². The number of para-hydroxylation sites is 1. The summed E-state index contributed by atoms with van der Waals surface area (Å²) in [5, 5.41) is 14.0. The first-order valence-electron chi connectivity index (χ1n) is 9.49. The number of carbonyl (C=O) groups is 1. The minimum absolute atomic E-state index is 0.00828. The summed E-state index contributed by atoms with van der Waals surface area (Å²) in [7, 11) is 1.63. The van der Waals surface area contributed by atoms with Crippen molar-refractivity contribution in [3.05, 3.63) is 65.7 Å². The van der Waals surface area contributed by atoms with Gasteiger partial charge in [-0.15, -0.1) is 0 Å². The first-order chi connectivity index (χ1) is 13.1. The van der Waals surface area contributed by atoms with Gasteiger partial charge in [-0.1, -0.05) is 48.5 Å². The van der Waals surface area contributed by atoms with E-state index in [4.69, 9.17) is 4.74 Å². The average Bonchev–Trinajstić information content (AvgIpc) is 2.89. The number of ether oxygens (including phenoxy) is 1. The third-order valence-electron chi connectivity index (χ3n) is 5.25. The molecule has 0 aliphatic carbocycles. The maximum absolute atomic E-state index is 12.4. The molecule has 27 heavy (non-hydrogen) atoms. The zero-order valence-electron chi connectivity index (χ0n) is 15.9. The van der Waals surface area contributed by atoms with Crippen LogP contribution in [0.1, 0.15) is 30.4 Å². The highest BCUT2D eigenvalue weighted by Gasteiger charge is 2.32. The van der Waals surface area contributed by atoms with Gasteiger partial charge in [0, 0.05) is 18.7 Å². The fourth-order valence-corrected chi connectivity index (χ4v) is 3.67. The van der Waals surface area contributed by atoms with Crippen LogP contribution in [0.3, 0.4) is 0 Å². The molecule has 1 heterocycles. The van der Waals surface area contributed by atoms with Crippen molar-refractivity contribution in [2.24, 2.45) is 0 Å². The van der Waals surface area contributed by atoms with E-state index in [1.807, 2.05) is 54.6 Å². The highest BCUT2D eigenvalue weighted by molar-refractivity contribution is 5.78. The fraction of sp³-hybridized carbons (Fsp3) is 0.409. The molecule has 144 valence electrons. The highest BCUT2D eigenvalue weighted by Crippen LogP contribution is 2.32. The monoisotopic (exact) mass is 368 g/mol. The SMILES string of the molecule is COc1ccccc1CNC(=O)CN1CCC[C@](O)(c2ccccc2)CC1. The number of aliphatic hydroxyl groups is 1. The zero-order chi connectivity index (χ0) is 19.1. The number of carbonyl (C=O) groups excluding carboxylic acids is 1. The summed E-state index contributed by atoms with van der Waals surface area (Å²) in [4.78, 5) is 14.5. The van der Waals surface area contributed by atoms with Crippen molar-refractivity contribution in [3.8, 4) is 5.75 Å². The average molecular weight is 368 g/mol. The lowest BCUT2D eigenvalue weighted by Crippen LogP contribution is -2.38. The predicted octanol–water partition coefficient (Wildman–Crippen LogP) is 2.69. The van der Waals surface area contributed by atoms with E-state index in [-0.39, 0.29) is 5.91 Å². The van der Waals surface area contributed by atoms with Gasteiger partial charge < -0.3 is 15.2 Å². The van der Waals surface area contributed by atoms with Gasteiger partial charge in [-0.25, -0.2) is 0 Å². The molecule has 1 saturated heterocycles.